The topological polar surface area (TPSA) is 9.23 Å². The first-order valence-corrected chi connectivity index (χ1v) is 10.4. The van der Waals surface area contributed by atoms with Crippen molar-refractivity contribution in [3.05, 3.63) is 0 Å². The predicted octanol–water partition coefficient (Wildman–Crippen LogP) is 5.44. The Balaban J connectivity index is 3.27. The fourth-order valence-corrected chi connectivity index (χ4v) is 3.61. The summed E-state index contributed by atoms with van der Waals surface area (Å²) in [5.74, 6) is 0.764. The number of unbranched alkanes of at least 4 members (excludes halogenated alkanes) is 8. The summed E-state index contributed by atoms with van der Waals surface area (Å²) in [5, 5.41) is 0. The number of hydrogen-bond acceptors (Lipinski definition) is 1. The maximum absolute atomic E-state index is 6.00. The Morgan fingerprint density at radius 2 is 1.42 bits per heavy atom. The van der Waals surface area contributed by atoms with E-state index in [0.29, 0.717) is 0 Å². The van der Waals surface area contributed by atoms with Crippen molar-refractivity contribution in [2.24, 2.45) is 0 Å². The Kier molecular flexibility index (Phi) is 13.8. The van der Waals surface area contributed by atoms with Crippen molar-refractivity contribution in [1.82, 2.24) is 0 Å². The molecule has 0 rings (SSSR count). The van der Waals surface area contributed by atoms with Gasteiger partial charge in [0.25, 0.3) is 0 Å². The van der Waals surface area contributed by atoms with Crippen LogP contribution in [0, 0.1) is 0 Å². The molecule has 0 aromatic rings. The third-order valence-electron chi connectivity index (χ3n) is 3.65. The van der Waals surface area contributed by atoms with Crippen LogP contribution in [0.3, 0.4) is 0 Å². The van der Waals surface area contributed by atoms with E-state index in [9.17, 15) is 0 Å². The molecule has 0 saturated carbocycles. The third kappa shape index (κ3) is 14.7. The molecule has 116 valence electrons. The van der Waals surface area contributed by atoms with Crippen LogP contribution < -0.4 is 0 Å². The van der Waals surface area contributed by atoms with Crippen LogP contribution in [0.1, 0.15) is 85.0 Å². The molecule has 0 N–H and O–H groups in total. The average Bonchev–Trinajstić information content (AvgIpc) is 2.37. The van der Waals surface area contributed by atoms with Gasteiger partial charge in [0.05, 0.1) is 0 Å². The number of rotatable bonds is 14. The Hall–Kier alpha value is 0.467. The summed E-state index contributed by atoms with van der Waals surface area (Å²) in [6.07, 6.45) is 13.8. The smallest absolute Gasteiger partial charge is 0.163 e. The lowest BCUT2D eigenvalue weighted by Crippen LogP contribution is -2.26. The Labute approximate surface area is 128 Å². The van der Waals surface area contributed by atoms with Gasteiger partial charge in [-0.05, 0) is 26.3 Å². The van der Waals surface area contributed by atoms with Gasteiger partial charge in [-0.2, -0.15) is 0 Å². The average molecular weight is 307 g/mol. The summed E-state index contributed by atoms with van der Waals surface area (Å²) in [5.41, 5.74) is 0.0966. The normalized spacial score (nSPS) is 12.6. The molecule has 0 aromatic heterocycles. The lowest BCUT2D eigenvalue weighted by molar-refractivity contribution is 0.102. The molecule has 0 unspecified atom stereocenters. The molecule has 0 saturated heterocycles. The summed E-state index contributed by atoms with van der Waals surface area (Å²) < 4.78 is 6.00. The first-order valence-electron chi connectivity index (χ1n) is 8.32. The zero-order valence-electron chi connectivity index (χ0n) is 13.5. The van der Waals surface area contributed by atoms with Crippen LogP contribution >= 0.6 is 11.6 Å². The SMILES string of the molecule is CCCCCCCCCCCC(C)(C)O[SiH2]CCCl. The molecular weight excluding hydrogens is 272 g/mol. The first kappa shape index (κ1) is 19.5. The van der Waals surface area contributed by atoms with Gasteiger partial charge in [-0.1, -0.05) is 64.7 Å². The highest BCUT2D eigenvalue weighted by molar-refractivity contribution is 6.31. The van der Waals surface area contributed by atoms with Gasteiger partial charge in [0.15, 0.2) is 9.76 Å². The maximum atomic E-state index is 6.00. The molecule has 0 aliphatic carbocycles. The molecule has 0 bridgehead atoms. The molecule has 0 spiro atoms. The van der Waals surface area contributed by atoms with E-state index in [4.69, 9.17) is 16.0 Å². The molecule has 19 heavy (non-hydrogen) atoms. The van der Waals surface area contributed by atoms with Crippen molar-refractivity contribution in [3.8, 4) is 0 Å². The summed E-state index contributed by atoms with van der Waals surface area (Å²) in [7, 11) is -0.381. The molecule has 1 nitrogen and oxygen atoms in total. The minimum atomic E-state index is -0.381. The first-order chi connectivity index (χ1) is 9.12. The maximum Gasteiger partial charge on any atom is 0.163 e. The fraction of sp³-hybridized carbons (Fsp3) is 1.00. The number of hydrogen-bond donors (Lipinski definition) is 0. The van der Waals surface area contributed by atoms with Gasteiger partial charge in [0.2, 0.25) is 0 Å². The Morgan fingerprint density at radius 3 is 1.95 bits per heavy atom. The van der Waals surface area contributed by atoms with Crippen molar-refractivity contribution in [2.75, 3.05) is 5.88 Å². The second-order valence-corrected chi connectivity index (χ2v) is 8.01. The van der Waals surface area contributed by atoms with Crippen molar-refractivity contribution in [2.45, 2.75) is 96.6 Å². The van der Waals surface area contributed by atoms with Crippen LogP contribution in [0.15, 0.2) is 0 Å². The second kappa shape index (κ2) is 13.4. The molecule has 0 amide bonds. The van der Waals surface area contributed by atoms with E-state index in [1.807, 2.05) is 0 Å². The summed E-state index contributed by atoms with van der Waals surface area (Å²) in [6, 6.07) is 1.10. The molecule has 0 aliphatic heterocycles. The third-order valence-corrected chi connectivity index (χ3v) is 6.00. The largest absolute Gasteiger partial charge is 0.419 e. The van der Waals surface area contributed by atoms with Crippen molar-refractivity contribution < 1.29 is 4.43 Å². The monoisotopic (exact) mass is 306 g/mol. The van der Waals surface area contributed by atoms with Gasteiger partial charge in [-0.3, -0.25) is 0 Å². The summed E-state index contributed by atoms with van der Waals surface area (Å²) in [6.45, 7) is 6.75. The van der Waals surface area contributed by atoms with E-state index in [2.05, 4.69) is 20.8 Å². The van der Waals surface area contributed by atoms with Crippen LogP contribution in [-0.4, -0.2) is 21.2 Å². The fourth-order valence-electron chi connectivity index (χ4n) is 2.34. The predicted molar refractivity (Wildman–Crippen MR) is 91.1 cm³/mol. The van der Waals surface area contributed by atoms with E-state index >= 15 is 0 Å². The van der Waals surface area contributed by atoms with Gasteiger partial charge >= 0.3 is 0 Å². The molecule has 0 fully saturated rings. The van der Waals surface area contributed by atoms with Crippen molar-refractivity contribution in [1.29, 1.82) is 0 Å². The van der Waals surface area contributed by atoms with Crippen LogP contribution in [0.4, 0.5) is 0 Å². The number of halogens is 1. The molecule has 0 atom stereocenters. The molecule has 0 aliphatic rings. The lowest BCUT2D eigenvalue weighted by atomic mass is 9.99. The van der Waals surface area contributed by atoms with Gasteiger partial charge in [-0.15, -0.1) is 11.6 Å². The van der Waals surface area contributed by atoms with E-state index in [1.54, 1.807) is 0 Å². The van der Waals surface area contributed by atoms with Crippen molar-refractivity contribution >= 4 is 21.4 Å². The standard InChI is InChI=1S/C16H35ClOSi/c1-4-5-6-7-8-9-10-11-12-13-16(2,3)18-19-15-14-17/h4-15,19H2,1-3H3. The van der Waals surface area contributed by atoms with Crippen LogP contribution in [0.2, 0.25) is 6.04 Å². The highest BCUT2D eigenvalue weighted by atomic mass is 35.5. The Bertz CT molecular complexity index is 186. The zero-order valence-corrected chi connectivity index (χ0v) is 15.6. The van der Waals surface area contributed by atoms with Crippen molar-refractivity contribution in [3.63, 3.8) is 0 Å². The minimum absolute atomic E-state index is 0.0966. The molecule has 0 aromatic carbocycles. The van der Waals surface area contributed by atoms with Gasteiger partial charge in [-0.25, -0.2) is 0 Å². The van der Waals surface area contributed by atoms with E-state index < -0.39 is 0 Å². The summed E-state index contributed by atoms with van der Waals surface area (Å²) >= 11 is 5.69. The Morgan fingerprint density at radius 1 is 0.895 bits per heavy atom. The van der Waals surface area contributed by atoms with Crippen LogP contribution in [-0.2, 0) is 4.43 Å². The number of alkyl halides is 1. The van der Waals surface area contributed by atoms with E-state index in [-0.39, 0.29) is 15.4 Å². The quantitative estimate of drug-likeness (QED) is 0.236. The molecule has 0 radical (unpaired) electrons. The van der Waals surface area contributed by atoms with Gasteiger partial charge < -0.3 is 4.43 Å². The van der Waals surface area contributed by atoms with Crippen LogP contribution in [0.25, 0.3) is 0 Å². The highest BCUT2D eigenvalue weighted by Gasteiger charge is 2.16. The minimum Gasteiger partial charge on any atom is -0.419 e. The highest BCUT2D eigenvalue weighted by Crippen LogP contribution is 2.19. The molecule has 0 heterocycles. The second-order valence-electron chi connectivity index (χ2n) is 6.23. The molecular formula is C16H35ClOSi. The summed E-state index contributed by atoms with van der Waals surface area (Å²) in [4.78, 5) is 0. The van der Waals surface area contributed by atoms with E-state index in [1.165, 1.54) is 64.2 Å². The van der Waals surface area contributed by atoms with E-state index in [0.717, 1.165) is 11.9 Å². The van der Waals surface area contributed by atoms with Gasteiger partial charge in [0, 0.05) is 11.5 Å². The van der Waals surface area contributed by atoms with Crippen LogP contribution in [0.5, 0.6) is 0 Å². The zero-order chi connectivity index (χ0) is 14.4. The molecule has 3 heteroatoms. The lowest BCUT2D eigenvalue weighted by Gasteiger charge is -2.25. The van der Waals surface area contributed by atoms with Gasteiger partial charge in [0.1, 0.15) is 0 Å².